The minimum atomic E-state index is -0.156. The molecule has 0 atom stereocenters. The van der Waals surface area contributed by atoms with E-state index < -0.39 is 0 Å². The number of carbonyl (C=O) groups is 1. The van der Waals surface area contributed by atoms with Crippen LogP contribution in [0.5, 0.6) is 0 Å². The van der Waals surface area contributed by atoms with E-state index in [1.807, 2.05) is 18.1 Å². The number of piperazine rings is 1. The minimum absolute atomic E-state index is 0.156. The lowest BCUT2D eigenvalue weighted by Gasteiger charge is -2.32. The van der Waals surface area contributed by atoms with Gasteiger partial charge in [0.15, 0.2) is 0 Å². The summed E-state index contributed by atoms with van der Waals surface area (Å²) >= 11 is 0. The van der Waals surface area contributed by atoms with Gasteiger partial charge in [-0.1, -0.05) is 0 Å². The van der Waals surface area contributed by atoms with E-state index in [1.54, 1.807) is 12.3 Å². The van der Waals surface area contributed by atoms with Crippen molar-refractivity contribution < 1.29 is 4.79 Å². The summed E-state index contributed by atoms with van der Waals surface area (Å²) in [6.45, 7) is 3.61. The van der Waals surface area contributed by atoms with E-state index in [-0.39, 0.29) is 5.91 Å². The van der Waals surface area contributed by atoms with Crippen LogP contribution in [-0.2, 0) is 0 Å². The molecule has 0 aromatic carbocycles. The Balaban J connectivity index is 1.94. The van der Waals surface area contributed by atoms with Crippen molar-refractivity contribution in [3.63, 3.8) is 0 Å². The van der Waals surface area contributed by atoms with Crippen molar-refractivity contribution >= 4 is 11.6 Å². The third-order valence-corrected chi connectivity index (χ3v) is 3.04. The first-order valence-electron chi connectivity index (χ1n) is 6.07. The molecule has 1 fully saturated rings. The van der Waals surface area contributed by atoms with Gasteiger partial charge in [-0.15, -0.1) is 0 Å². The highest BCUT2D eigenvalue weighted by Crippen LogP contribution is 2.07. The summed E-state index contributed by atoms with van der Waals surface area (Å²) in [7, 11) is 3.90. The molecule has 1 aliphatic rings. The number of amides is 1. The number of hydrazine groups is 1. The van der Waals surface area contributed by atoms with E-state index in [4.69, 9.17) is 0 Å². The third kappa shape index (κ3) is 3.18. The number of likely N-dealkylation sites (N-methyl/N-ethyl adjacent to an activating group) is 1. The highest BCUT2D eigenvalue weighted by atomic mass is 16.2. The second kappa shape index (κ2) is 5.79. The average Bonchev–Trinajstić information content (AvgIpc) is 2.41. The molecule has 6 nitrogen and oxygen atoms in total. The zero-order valence-electron chi connectivity index (χ0n) is 10.8. The molecule has 2 heterocycles. The Kier molecular flexibility index (Phi) is 4.11. The monoisotopic (exact) mass is 249 g/mol. The van der Waals surface area contributed by atoms with Crippen molar-refractivity contribution in [3.8, 4) is 0 Å². The standard InChI is InChI=1S/C12H19N5O/c1-13-10-3-4-14-11(9-10)12(18)15-17-7-5-16(2)6-8-17/h3-4,9H,5-8H2,1-2H3,(H,13,14)(H,15,18). The van der Waals surface area contributed by atoms with Crippen LogP contribution in [0.25, 0.3) is 0 Å². The van der Waals surface area contributed by atoms with Gasteiger partial charge in [0.25, 0.3) is 5.91 Å². The van der Waals surface area contributed by atoms with E-state index in [2.05, 4.69) is 27.7 Å². The van der Waals surface area contributed by atoms with Gasteiger partial charge in [0.05, 0.1) is 0 Å². The molecule has 0 spiro atoms. The van der Waals surface area contributed by atoms with E-state index in [0.29, 0.717) is 5.69 Å². The largest absolute Gasteiger partial charge is 0.388 e. The molecule has 6 heteroatoms. The molecule has 1 aromatic heterocycles. The lowest BCUT2D eigenvalue weighted by molar-refractivity contribution is 0.0658. The molecule has 1 amide bonds. The Morgan fingerprint density at radius 1 is 1.33 bits per heavy atom. The highest BCUT2D eigenvalue weighted by Gasteiger charge is 2.17. The van der Waals surface area contributed by atoms with Crippen molar-refractivity contribution in [1.29, 1.82) is 0 Å². The van der Waals surface area contributed by atoms with Gasteiger partial charge in [0.2, 0.25) is 0 Å². The number of aromatic nitrogens is 1. The summed E-state index contributed by atoms with van der Waals surface area (Å²) in [5.74, 6) is -0.156. The molecule has 2 rings (SSSR count). The van der Waals surface area contributed by atoms with Gasteiger partial charge >= 0.3 is 0 Å². The second-order valence-corrected chi connectivity index (χ2v) is 4.41. The Labute approximate surface area is 107 Å². The van der Waals surface area contributed by atoms with Crippen molar-refractivity contribution in [2.45, 2.75) is 0 Å². The Morgan fingerprint density at radius 2 is 2.06 bits per heavy atom. The predicted octanol–water partition coefficient (Wildman–Crippen LogP) is 0.0155. The summed E-state index contributed by atoms with van der Waals surface area (Å²) in [4.78, 5) is 18.3. The Morgan fingerprint density at radius 3 is 2.72 bits per heavy atom. The van der Waals surface area contributed by atoms with Crippen LogP contribution in [0.3, 0.4) is 0 Å². The van der Waals surface area contributed by atoms with E-state index in [0.717, 1.165) is 31.9 Å². The van der Waals surface area contributed by atoms with Crippen LogP contribution in [0.2, 0.25) is 0 Å². The Hall–Kier alpha value is -1.66. The highest BCUT2D eigenvalue weighted by molar-refractivity contribution is 5.92. The van der Waals surface area contributed by atoms with Crippen LogP contribution in [0.15, 0.2) is 18.3 Å². The Bertz CT molecular complexity index is 415. The van der Waals surface area contributed by atoms with Gasteiger partial charge in [-0.25, -0.2) is 5.01 Å². The molecule has 1 saturated heterocycles. The predicted molar refractivity (Wildman–Crippen MR) is 70.3 cm³/mol. The fraction of sp³-hybridized carbons (Fsp3) is 0.500. The maximum absolute atomic E-state index is 12.0. The topological polar surface area (TPSA) is 60.5 Å². The zero-order chi connectivity index (χ0) is 13.0. The van der Waals surface area contributed by atoms with Crippen LogP contribution in [-0.4, -0.2) is 61.1 Å². The molecule has 0 unspecified atom stereocenters. The number of carbonyl (C=O) groups excluding carboxylic acids is 1. The number of nitrogens with zero attached hydrogens (tertiary/aromatic N) is 3. The molecule has 0 bridgehead atoms. The lowest BCUT2D eigenvalue weighted by Crippen LogP contribution is -2.52. The number of hydrogen-bond acceptors (Lipinski definition) is 5. The smallest absolute Gasteiger partial charge is 0.284 e. The van der Waals surface area contributed by atoms with Crippen molar-refractivity contribution in [3.05, 3.63) is 24.0 Å². The number of rotatable bonds is 3. The minimum Gasteiger partial charge on any atom is -0.388 e. The van der Waals surface area contributed by atoms with Crippen molar-refractivity contribution in [2.24, 2.45) is 0 Å². The van der Waals surface area contributed by atoms with Crippen LogP contribution >= 0.6 is 0 Å². The van der Waals surface area contributed by atoms with E-state index in [9.17, 15) is 4.79 Å². The molecule has 0 aliphatic carbocycles. The van der Waals surface area contributed by atoms with Gasteiger partial charge < -0.3 is 10.2 Å². The first kappa shape index (κ1) is 12.8. The summed E-state index contributed by atoms with van der Waals surface area (Å²) in [5.41, 5.74) is 4.20. The normalized spacial score (nSPS) is 17.4. The van der Waals surface area contributed by atoms with Crippen LogP contribution in [0, 0.1) is 0 Å². The number of nitrogens with one attached hydrogen (secondary N) is 2. The fourth-order valence-electron chi connectivity index (χ4n) is 1.83. The first-order valence-corrected chi connectivity index (χ1v) is 6.07. The maximum atomic E-state index is 12.0. The molecule has 2 N–H and O–H groups in total. The molecular weight excluding hydrogens is 230 g/mol. The average molecular weight is 249 g/mol. The number of anilines is 1. The van der Waals surface area contributed by atoms with Gasteiger partial charge in [-0.05, 0) is 19.2 Å². The maximum Gasteiger partial charge on any atom is 0.284 e. The zero-order valence-corrected chi connectivity index (χ0v) is 10.8. The van der Waals surface area contributed by atoms with Gasteiger partial charge in [0.1, 0.15) is 5.69 Å². The SMILES string of the molecule is CNc1ccnc(C(=O)NN2CCN(C)CC2)c1. The lowest BCUT2D eigenvalue weighted by atomic mass is 10.3. The molecule has 0 radical (unpaired) electrons. The summed E-state index contributed by atoms with van der Waals surface area (Å²) in [5, 5.41) is 4.93. The molecule has 0 saturated carbocycles. The van der Waals surface area contributed by atoms with Gasteiger partial charge in [0, 0.05) is 45.1 Å². The molecule has 1 aliphatic heterocycles. The number of pyridine rings is 1. The van der Waals surface area contributed by atoms with E-state index >= 15 is 0 Å². The van der Waals surface area contributed by atoms with Crippen LogP contribution < -0.4 is 10.7 Å². The molecular formula is C12H19N5O. The fourth-order valence-corrected chi connectivity index (χ4v) is 1.83. The van der Waals surface area contributed by atoms with E-state index in [1.165, 1.54) is 0 Å². The first-order chi connectivity index (χ1) is 8.69. The summed E-state index contributed by atoms with van der Waals surface area (Å²) in [6, 6.07) is 3.57. The quantitative estimate of drug-likeness (QED) is 0.790. The number of hydrogen-bond donors (Lipinski definition) is 2. The molecule has 18 heavy (non-hydrogen) atoms. The molecule has 1 aromatic rings. The second-order valence-electron chi connectivity index (χ2n) is 4.41. The van der Waals surface area contributed by atoms with Crippen molar-refractivity contribution in [1.82, 2.24) is 20.3 Å². The van der Waals surface area contributed by atoms with Crippen LogP contribution in [0.4, 0.5) is 5.69 Å². The summed E-state index contributed by atoms with van der Waals surface area (Å²) in [6.07, 6.45) is 1.63. The third-order valence-electron chi connectivity index (χ3n) is 3.04. The molecule has 98 valence electrons. The summed E-state index contributed by atoms with van der Waals surface area (Å²) < 4.78 is 0. The van der Waals surface area contributed by atoms with Crippen LogP contribution in [0.1, 0.15) is 10.5 Å². The van der Waals surface area contributed by atoms with Gasteiger partial charge in [-0.3, -0.25) is 15.2 Å². The van der Waals surface area contributed by atoms with Crippen molar-refractivity contribution in [2.75, 3.05) is 45.6 Å². The van der Waals surface area contributed by atoms with Gasteiger partial charge in [-0.2, -0.15) is 0 Å².